The molecule has 27 heteroatoms. The fraction of sp³-hybridized carbons (Fsp3) is 0.460. The zero-order valence-corrected chi connectivity index (χ0v) is 55.1. The van der Waals surface area contributed by atoms with Gasteiger partial charge in [0.05, 0.1) is 60.1 Å². The molecule has 0 unspecified atom stereocenters. The Labute approximate surface area is 535 Å². The lowest BCUT2D eigenvalue weighted by atomic mass is 9.85. The molecule has 0 radical (unpaired) electrons. The molecule has 4 aliphatic rings. The van der Waals surface area contributed by atoms with E-state index in [0.29, 0.717) is 43.2 Å². The van der Waals surface area contributed by atoms with Crippen molar-refractivity contribution in [2.24, 2.45) is 14.1 Å². The van der Waals surface area contributed by atoms with Crippen LogP contribution in [0.3, 0.4) is 0 Å². The van der Waals surface area contributed by atoms with Gasteiger partial charge in [0.2, 0.25) is 11.9 Å². The monoisotopic (exact) mass is 1270 g/mol. The molecular formula is C63H86N18O7S2. The highest BCUT2D eigenvalue weighted by Crippen LogP contribution is 2.45. The number of rotatable bonds is 13. The van der Waals surface area contributed by atoms with E-state index >= 15 is 0 Å². The zero-order valence-electron chi connectivity index (χ0n) is 53.3. The summed E-state index contributed by atoms with van der Waals surface area (Å²) in [4.78, 5) is 48.7. The Morgan fingerprint density at radius 2 is 1.04 bits per heavy atom. The molecule has 6 aromatic heterocycles. The summed E-state index contributed by atoms with van der Waals surface area (Å²) in [7, 11) is 0.483. The second kappa shape index (κ2) is 28.3. The first-order valence-electron chi connectivity index (χ1n) is 30.2. The molecule has 25 nitrogen and oxygen atoms in total. The topological polar surface area (TPSA) is 265 Å². The number of amides is 2. The molecule has 3 N–H and O–H groups in total. The van der Waals surface area contributed by atoms with Gasteiger partial charge in [-0.2, -0.15) is 42.3 Å². The van der Waals surface area contributed by atoms with Crippen LogP contribution in [0.5, 0.6) is 0 Å². The minimum atomic E-state index is -3.48. The van der Waals surface area contributed by atoms with Crippen LogP contribution >= 0.6 is 13.5 Å². The van der Waals surface area contributed by atoms with Crippen molar-refractivity contribution in [2.75, 3.05) is 82.4 Å². The number of carbonyl (C=O) groups excluding carboxylic acids is 2. The number of aryl methyl sites for hydroxylation is 2. The SMILES string of the molecule is CC(C)(C)OC(=O)N1CCNCC1.C[C@@H]1Cc2nn(C)c(-c3ccccc3)c2-c2nc(Nc3ccn(CCN4CCN(C(=O)OC(C)(C)C)CC4)n3)ncc21.C[C@@H]1Cc2nn(C)c(-c3ccccc3)c2-c2nc(Nc3ccn(CCOS(C)(=O)=O)n3)ncc21.S.[3HH]. The highest BCUT2D eigenvalue weighted by atomic mass is 32.2. The third-order valence-electron chi connectivity index (χ3n) is 15.3. The number of carbonyl (C=O) groups is 2. The summed E-state index contributed by atoms with van der Waals surface area (Å²) in [6.07, 6.45) is 9.79. The van der Waals surface area contributed by atoms with Crippen LogP contribution in [-0.2, 0) is 63.8 Å². The van der Waals surface area contributed by atoms with Crippen molar-refractivity contribution in [1.29, 1.82) is 0 Å². The fourth-order valence-electron chi connectivity index (χ4n) is 11.1. The van der Waals surface area contributed by atoms with Gasteiger partial charge >= 0.3 is 12.2 Å². The summed E-state index contributed by atoms with van der Waals surface area (Å²) in [5.74, 6) is 2.73. The number of anilines is 4. The molecule has 0 saturated carbocycles. The van der Waals surface area contributed by atoms with Crippen molar-refractivity contribution >= 4 is 59.3 Å². The Kier molecular flexibility index (Phi) is 20.8. The largest absolute Gasteiger partial charge is 0.444 e. The predicted molar refractivity (Wildman–Crippen MR) is 353 cm³/mol. The smallest absolute Gasteiger partial charge is 0.410 e. The second-order valence-electron chi connectivity index (χ2n) is 24.8. The van der Waals surface area contributed by atoms with Crippen molar-refractivity contribution in [3.8, 4) is 45.0 Å². The van der Waals surface area contributed by atoms with Crippen molar-refractivity contribution in [2.45, 2.75) is 104 Å². The van der Waals surface area contributed by atoms with Gasteiger partial charge in [-0.15, -0.1) is 0 Å². The van der Waals surface area contributed by atoms with Gasteiger partial charge in [-0.05, 0) is 66.2 Å². The maximum absolute atomic E-state index is 12.3. The normalized spacial score (nSPS) is 16.3. The molecule has 2 atom stereocenters. The number of aromatic nitrogens is 12. The maximum atomic E-state index is 12.3. The number of benzene rings is 2. The molecule has 12 rings (SSSR count). The molecule has 8 aromatic rings. The Hall–Kier alpha value is -8.24. The maximum Gasteiger partial charge on any atom is 0.410 e. The van der Waals surface area contributed by atoms with E-state index in [1.165, 1.54) is 0 Å². The van der Waals surface area contributed by atoms with Crippen molar-refractivity contribution in [3.63, 3.8) is 0 Å². The quantitative estimate of drug-likeness (QED) is 0.0909. The Morgan fingerprint density at radius 1 is 0.611 bits per heavy atom. The van der Waals surface area contributed by atoms with Crippen LogP contribution < -0.4 is 16.0 Å². The van der Waals surface area contributed by atoms with E-state index in [1.807, 2.05) is 131 Å². The number of nitrogens with zero attached hydrogens (tertiary/aromatic N) is 15. The number of hydrogen-bond donors (Lipinski definition) is 3. The Bertz CT molecular complexity index is 3870. The molecule has 2 fully saturated rings. The van der Waals surface area contributed by atoms with Gasteiger partial charge in [0.1, 0.15) is 11.2 Å². The summed E-state index contributed by atoms with van der Waals surface area (Å²) in [5, 5.41) is 28.4. The van der Waals surface area contributed by atoms with Crippen LogP contribution in [-0.4, -0.2) is 177 Å². The molecule has 2 aliphatic heterocycles. The summed E-state index contributed by atoms with van der Waals surface area (Å²) < 4.78 is 45.2. The minimum absolute atomic E-state index is 0. The molecular weight excluding hydrogens is 1180 g/mol. The van der Waals surface area contributed by atoms with Crippen LogP contribution in [0.2, 0.25) is 0 Å². The van der Waals surface area contributed by atoms with Crippen molar-refractivity contribution in [3.05, 3.63) is 120 Å². The lowest BCUT2D eigenvalue weighted by Crippen LogP contribution is -2.50. The van der Waals surface area contributed by atoms with Gasteiger partial charge in [0, 0.05) is 145 Å². The summed E-state index contributed by atoms with van der Waals surface area (Å²) >= 11 is 0. The van der Waals surface area contributed by atoms with E-state index in [2.05, 4.69) is 74.0 Å². The van der Waals surface area contributed by atoms with Gasteiger partial charge in [-0.1, -0.05) is 74.5 Å². The summed E-state index contributed by atoms with van der Waals surface area (Å²) in [6.45, 7) is 23.8. The lowest BCUT2D eigenvalue weighted by molar-refractivity contribution is 0.0141. The standard InChI is InChI=1S/C31H39N9O2.C23H25N7O3S.C9H18N2O2.H2S.H2/c1-21-19-24-26(28(37(5)35-24)22-9-7-6-8-10-22)27-23(21)20-32-29(34-27)33-25-11-12-40(36-25)18-15-38-13-16-39(17-14-38)30(41)42-31(2,3)4;1-15-13-18-20(22(29(2)27-18)16-7-5-4-6-8-16)21-17(15)14-24-23(26-21)25-19-9-10-30(28-19)11-12-33-34(3,31)32;1-9(2,3)13-8(12)11-6-4-10-5-7-11;;/h6-12,20-21H,13-19H2,1-5H3,(H,32,33,34,36);4-10,14-15H,11-13H2,1-3H3,(H,24,25,26,28);10H,4-7H2,1-3H3;1H2;1H/t21-;15-;;;/m11.../s1/i;;;;1+2. The minimum Gasteiger partial charge on any atom is -0.444 e. The third-order valence-corrected chi connectivity index (χ3v) is 15.9. The molecule has 482 valence electrons. The molecule has 0 bridgehead atoms. The third kappa shape index (κ3) is 16.8. The Morgan fingerprint density at radius 3 is 1.48 bits per heavy atom. The predicted octanol–water partition coefficient (Wildman–Crippen LogP) is 9.00. The molecule has 0 spiro atoms. The average Bonchev–Trinajstić information content (AvgIpc) is 1.80. The first kappa shape index (κ1) is 66.2. The van der Waals surface area contributed by atoms with E-state index in [1.54, 1.807) is 26.7 Å². The van der Waals surface area contributed by atoms with Gasteiger partial charge < -0.3 is 35.2 Å². The highest BCUT2D eigenvalue weighted by molar-refractivity contribution is 7.86. The second-order valence-corrected chi connectivity index (χ2v) is 26.4. The van der Waals surface area contributed by atoms with Crippen LogP contribution in [0.1, 0.15) is 91.2 Å². The molecule has 90 heavy (non-hydrogen) atoms. The Balaban J connectivity index is 0.000000195. The van der Waals surface area contributed by atoms with Gasteiger partial charge in [0.25, 0.3) is 10.1 Å². The molecule has 2 amide bonds. The van der Waals surface area contributed by atoms with Gasteiger partial charge in [-0.25, -0.2) is 29.5 Å². The van der Waals surface area contributed by atoms with Crippen molar-refractivity contribution in [1.82, 2.24) is 79.1 Å². The van der Waals surface area contributed by atoms with Crippen LogP contribution in [0.15, 0.2) is 97.6 Å². The van der Waals surface area contributed by atoms with Gasteiger partial charge in [-0.3, -0.25) is 27.8 Å². The van der Waals surface area contributed by atoms with E-state index in [-0.39, 0.29) is 51.2 Å². The summed E-state index contributed by atoms with van der Waals surface area (Å²) in [5.41, 5.74) is 11.7. The number of hydrogen-bond acceptors (Lipinski definition) is 19. The van der Waals surface area contributed by atoms with Gasteiger partial charge in [0.15, 0.2) is 11.6 Å². The molecule has 2 aromatic carbocycles. The van der Waals surface area contributed by atoms with E-state index < -0.39 is 15.7 Å². The zero-order chi connectivity index (χ0) is 63.2. The average molecular weight is 1270 g/mol. The molecule has 2 aliphatic carbocycles. The number of nitrogens with one attached hydrogen (secondary N) is 3. The number of ether oxygens (including phenoxy) is 2. The fourth-order valence-corrected chi connectivity index (χ4v) is 11.5. The highest BCUT2D eigenvalue weighted by Gasteiger charge is 2.33. The van der Waals surface area contributed by atoms with E-state index in [9.17, 15) is 18.0 Å². The number of piperazine rings is 2. The van der Waals surface area contributed by atoms with Crippen molar-refractivity contribution < 1.29 is 33.1 Å². The van der Waals surface area contributed by atoms with Crippen LogP contribution in [0.4, 0.5) is 33.1 Å². The van der Waals surface area contributed by atoms with Crippen LogP contribution in [0.25, 0.3) is 45.0 Å². The number of fused-ring (bicyclic) bond motifs is 6. The molecule has 2 saturated heterocycles. The van der Waals surface area contributed by atoms with E-state index in [4.69, 9.17) is 38.9 Å². The molecule has 8 heterocycles. The first-order chi connectivity index (χ1) is 42.4. The summed E-state index contributed by atoms with van der Waals surface area (Å²) in [6, 6.07) is 24.3. The first-order valence-corrected chi connectivity index (χ1v) is 32.0. The lowest BCUT2D eigenvalue weighted by Gasteiger charge is -2.35. The van der Waals surface area contributed by atoms with E-state index in [0.717, 1.165) is 139 Å². The van der Waals surface area contributed by atoms with Crippen LogP contribution in [0, 0.1) is 0 Å².